The molecule has 0 bridgehead atoms. The average Bonchev–Trinajstić information content (AvgIpc) is 2.77. The van der Waals surface area contributed by atoms with Gasteiger partial charge in [-0.2, -0.15) is 0 Å². The van der Waals surface area contributed by atoms with Gasteiger partial charge in [0.2, 0.25) is 5.91 Å². The zero-order valence-corrected chi connectivity index (χ0v) is 19.1. The Morgan fingerprint density at radius 2 is 1.82 bits per heavy atom. The lowest BCUT2D eigenvalue weighted by Gasteiger charge is -2.38. The standard InChI is InChI=1S/C26H31N3O4/c1-18(30)29-16-24(17-29)33-23-6-7-25-20(12-23)9-11-28(26(25)32)15-22(31)14-27-10-8-19-4-2-3-5-21(19)13-27/h2-7,12,22,24,31H,8-11,13-17H2,1H3. The van der Waals surface area contributed by atoms with E-state index in [-0.39, 0.29) is 17.9 Å². The monoisotopic (exact) mass is 449 g/mol. The second kappa shape index (κ2) is 9.15. The van der Waals surface area contributed by atoms with Crippen LogP contribution < -0.4 is 4.74 Å². The molecule has 1 saturated heterocycles. The van der Waals surface area contributed by atoms with Crippen LogP contribution in [0.1, 0.15) is 34.0 Å². The summed E-state index contributed by atoms with van der Waals surface area (Å²) in [4.78, 5) is 30.2. The molecular weight excluding hydrogens is 418 g/mol. The SMILES string of the molecule is CC(=O)N1CC(Oc2ccc3c(c2)CCN(CC(O)CN2CCc4ccccc4C2)C3=O)C1. The van der Waals surface area contributed by atoms with Gasteiger partial charge in [0, 0.05) is 45.2 Å². The lowest BCUT2D eigenvalue weighted by Crippen LogP contribution is -2.55. The van der Waals surface area contributed by atoms with Crippen LogP contribution in [-0.4, -0.2) is 83.1 Å². The maximum atomic E-state index is 13.0. The molecule has 7 heteroatoms. The fourth-order valence-electron chi connectivity index (χ4n) is 5.04. The summed E-state index contributed by atoms with van der Waals surface area (Å²) in [5, 5.41) is 10.7. The van der Waals surface area contributed by atoms with Crippen LogP contribution in [-0.2, 0) is 24.2 Å². The predicted molar refractivity (Wildman–Crippen MR) is 124 cm³/mol. The molecule has 2 aromatic carbocycles. The third kappa shape index (κ3) is 4.75. The molecule has 1 fully saturated rings. The van der Waals surface area contributed by atoms with Crippen LogP contribution in [0.4, 0.5) is 0 Å². The van der Waals surface area contributed by atoms with Crippen LogP contribution in [0, 0.1) is 0 Å². The maximum absolute atomic E-state index is 13.0. The van der Waals surface area contributed by atoms with Crippen molar-refractivity contribution in [2.24, 2.45) is 0 Å². The molecule has 1 unspecified atom stereocenters. The zero-order valence-electron chi connectivity index (χ0n) is 19.1. The molecule has 1 N–H and O–H groups in total. The van der Waals surface area contributed by atoms with E-state index in [9.17, 15) is 14.7 Å². The first kappa shape index (κ1) is 21.9. The van der Waals surface area contributed by atoms with Gasteiger partial charge in [-0.25, -0.2) is 0 Å². The number of β-amino-alcohol motifs (C(OH)–C–C–N with tert-alkyl or cyclic N) is 1. The number of benzene rings is 2. The summed E-state index contributed by atoms with van der Waals surface area (Å²) in [6.45, 7) is 6.07. The number of amides is 2. The third-order valence-corrected chi connectivity index (χ3v) is 6.95. The molecule has 0 spiro atoms. The van der Waals surface area contributed by atoms with Crippen molar-refractivity contribution in [1.82, 2.24) is 14.7 Å². The van der Waals surface area contributed by atoms with E-state index in [0.717, 1.165) is 37.2 Å². The number of hydrogen-bond acceptors (Lipinski definition) is 5. The molecule has 174 valence electrons. The Morgan fingerprint density at radius 3 is 2.61 bits per heavy atom. The summed E-state index contributed by atoms with van der Waals surface area (Å²) in [6.07, 6.45) is 1.18. The van der Waals surface area contributed by atoms with Gasteiger partial charge >= 0.3 is 0 Å². The molecule has 2 amide bonds. The lowest BCUT2D eigenvalue weighted by molar-refractivity contribution is -0.137. The van der Waals surface area contributed by atoms with Crippen molar-refractivity contribution in [2.75, 3.05) is 39.3 Å². The molecule has 3 aliphatic heterocycles. The minimum atomic E-state index is -0.578. The third-order valence-electron chi connectivity index (χ3n) is 6.95. The zero-order chi connectivity index (χ0) is 22.9. The van der Waals surface area contributed by atoms with E-state index in [4.69, 9.17) is 4.74 Å². The first-order valence-electron chi connectivity index (χ1n) is 11.8. The number of carbonyl (C=O) groups excluding carboxylic acids is 2. The smallest absolute Gasteiger partial charge is 0.254 e. The van der Waals surface area contributed by atoms with Crippen LogP contribution in [0.3, 0.4) is 0 Å². The number of aliphatic hydroxyl groups excluding tert-OH is 1. The number of rotatable bonds is 6. The quantitative estimate of drug-likeness (QED) is 0.727. The molecule has 5 rings (SSSR count). The maximum Gasteiger partial charge on any atom is 0.254 e. The van der Waals surface area contributed by atoms with E-state index in [1.165, 1.54) is 11.1 Å². The number of carbonyl (C=O) groups is 2. The van der Waals surface area contributed by atoms with Gasteiger partial charge in [-0.05, 0) is 47.7 Å². The molecule has 3 aliphatic rings. The molecule has 3 heterocycles. The average molecular weight is 450 g/mol. The van der Waals surface area contributed by atoms with Crippen LogP contribution in [0.25, 0.3) is 0 Å². The molecule has 33 heavy (non-hydrogen) atoms. The van der Waals surface area contributed by atoms with Crippen LogP contribution >= 0.6 is 0 Å². The van der Waals surface area contributed by atoms with E-state index >= 15 is 0 Å². The predicted octanol–water partition coefficient (Wildman–Crippen LogP) is 1.71. The summed E-state index contributed by atoms with van der Waals surface area (Å²) in [6, 6.07) is 14.1. The van der Waals surface area contributed by atoms with E-state index < -0.39 is 6.10 Å². The van der Waals surface area contributed by atoms with E-state index in [0.29, 0.717) is 38.3 Å². The number of likely N-dealkylation sites (tertiary alicyclic amines) is 1. The number of ether oxygens (including phenoxy) is 1. The Balaban J connectivity index is 1.15. The Labute approximate surface area is 194 Å². The van der Waals surface area contributed by atoms with Gasteiger partial charge in [0.15, 0.2) is 0 Å². The Morgan fingerprint density at radius 1 is 1.06 bits per heavy atom. The highest BCUT2D eigenvalue weighted by Crippen LogP contribution is 2.26. The first-order valence-corrected chi connectivity index (χ1v) is 11.8. The highest BCUT2D eigenvalue weighted by Gasteiger charge is 2.31. The van der Waals surface area contributed by atoms with E-state index in [1.54, 1.807) is 16.7 Å². The number of aliphatic hydroxyl groups is 1. The minimum absolute atomic E-state index is 0.0136. The van der Waals surface area contributed by atoms with Gasteiger partial charge in [0.25, 0.3) is 5.91 Å². The molecule has 0 saturated carbocycles. The number of fused-ring (bicyclic) bond motifs is 2. The Hall–Kier alpha value is -2.90. The lowest BCUT2D eigenvalue weighted by atomic mass is 9.98. The van der Waals surface area contributed by atoms with Gasteiger partial charge in [-0.1, -0.05) is 24.3 Å². The van der Waals surface area contributed by atoms with E-state index in [2.05, 4.69) is 29.2 Å². The topological polar surface area (TPSA) is 73.3 Å². The van der Waals surface area contributed by atoms with Crippen molar-refractivity contribution < 1.29 is 19.4 Å². The number of nitrogens with zero attached hydrogens (tertiary/aromatic N) is 3. The molecule has 0 aromatic heterocycles. The van der Waals surface area contributed by atoms with Crippen molar-refractivity contribution in [3.8, 4) is 5.75 Å². The van der Waals surface area contributed by atoms with Gasteiger partial charge < -0.3 is 19.6 Å². The Bertz CT molecular complexity index is 1050. The summed E-state index contributed by atoms with van der Waals surface area (Å²) < 4.78 is 5.97. The van der Waals surface area contributed by atoms with Crippen LogP contribution in [0.2, 0.25) is 0 Å². The van der Waals surface area contributed by atoms with Crippen LogP contribution in [0.5, 0.6) is 5.75 Å². The number of hydrogen-bond donors (Lipinski definition) is 1. The van der Waals surface area contributed by atoms with Gasteiger partial charge in [0.05, 0.1) is 19.2 Å². The van der Waals surface area contributed by atoms with Crippen molar-refractivity contribution in [2.45, 2.75) is 38.5 Å². The fraction of sp³-hybridized carbons (Fsp3) is 0.462. The summed E-state index contributed by atoms with van der Waals surface area (Å²) in [5.74, 6) is 0.782. The normalized spacial score (nSPS) is 19.5. The molecule has 7 nitrogen and oxygen atoms in total. The van der Waals surface area contributed by atoms with Gasteiger partial charge in [-0.15, -0.1) is 0 Å². The molecule has 1 atom stereocenters. The molecule has 0 radical (unpaired) electrons. The minimum Gasteiger partial charge on any atom is -0.487 e. The van der Waals surface area contributed by atoms with Crippen LogP contribution in [0.15, 0.2) is 42.5 Å². The highest BCUT2D eigenvalue weighted by atomic mass is 16.5. The first-order chi connectivity index (χ1) is 16.0. The second-order valence-electron chi connectivity index (χ2n) is 9.39. The van der Waals surface area contributed by atoms with Gasteiger partial charge in [-0.3, -0.25) is 14.5 Å². The second-order valence-corrected chi connectivity index (χ2v) is 9.39. The van der Waals surface area contributed by atoms with Gasteiger partial charge in [0.1, 0.15) is 11.9 Å². The Kier molecular flexibility index (Phi) is 6.08. The van der Waals surface area contributed by atoms with Crippen molar-refractivity contribution >= 4 is 11.8 Å². The fourth-order valence-corrected chi connectivity index (χ4v) is 5.04. The molecule has 0 aliphatic carbocycles. The van der Waals surface area contributed by atoms with Crippen molar-refractivity contribution in [3.05, 3.63) is 64.7 Å². The van der Waals surface area contributed by atoms with E-state index in [1.807, 2.05) is 18.2 Å². The van der Waals surface area contributed by atoms with Crippen molar-refractivity contribution in [1.29, 1.82) is 0 Å². The summed E-state index contributed by atoms with van der Waals surface area (Å²) >= 11 is 0. The summed E-state index contributed by atoms with van der Waals surface area (Å²) in [5.41, 5.74) is 4.39. The highest BCUT2D eigenvalue weighted by molar-refractivity contribution is 5.97. The largest absolute Gasteiger partial charge is 0.487 e. The summed E-state index contributed by atoms with van der Waals surface area (Å²) in [7, 11) is 0. The molecule has 2 aromatic rings. The molecular formula is C26H31N3O4. The van der Waals surface area contributed by atoms with Crippen molar-refractivity contribution in [3.63, 3.8) is 0 Å².